The van der Waals surface area contributed by atoms with Crippen LogP contribution in [0.4, 0.5) is 17.1 Å². The zero-order valence-corrected chi connectivity index (χ0v) is 26.0. The molecule has 0 spiro atoms. The third kappa shape index (κ3) is 3.83. The molecule has 0 bridgehead atoms. The minimum absolute atomic E-state index is 0.0154. The van der Waals surface area contributed by atoms with Crippen molar-refractivity contribution in [1.82, 2.24) is 0 Å². The molecule has 47 heavy (non-hydrogen) atoms. The van der Waals surface area contributed by atoms with Gasteiger partial charge in [-0.25, -0.2) is 0 Å². The number of hydrogen-bond donors (Lipinski definition) is 0. The van der Waals surface area contributed by atoms with Crippen LogP contribution in [0.15, 0.2) is 138 Å². The molecule has 2 aliphatic heterocycles. The highest BCUT2D eigenvalue weighted by molar-refractivity contribution is 6.98. The standard InChI is InChI=1S/C42H28BNO3/c1-25-15-19-27(20-16-25)44(28-21-17-26(2)18-22-28)34-24-37-39(30-10-4-3-9-29(30)34)31-23-38-40-42(41(31)47-37)46-36-14-8-6-12-33(36)43(40)32-11-5-7-13-35(32)45-38/h3-24H,1-2H3. The van der Waals surface area contributed by atoms with Crippen molar-refractivity contribution in [2.24, 2.45) is 0 Å². The molecule has 0 saturated heterocycles. The van der Waals surface area contributed by atoms with Crippen LogP contribution < -0.4 is 30.8 Å². The van der Waals surface area contributed by atoms with Gasteiger partial charge in [0.05, 0.1) is 5.69 Å². The Hall–Kier alpha value is -5.94. The molecule has 0 amide bonds. The van der Waals surface area contributed by atoms with Gasteiger partial charge in [-0.1, -0.05) is 96.1 Å². The molecule has 222 valence electrons. The van der Waals surface area contributed by atoms with Crippen molar-refractivity contribution in [3.05, 3.63) is 145 Å². The van der Waals surface area contributed by atoms with Crippen molar-refractivity contribution in [3.63, 3.8) is 0 Å². The maximum Gasteiger partial charge on any atom is 0.260 e. The highest BCUT2D eigenvalue weighted by atomic mass is 16.5. The summed E-state index contributed by atoms with van der Waals surface area (Å²) in [4.78, 5) is 2.32. The van der Waals surface area contributed by atoms with Crippen molar-refractivity contribution in [2.45, 2.75) is 13.8 Å². The van der Waals surface area contributed by atoms with Crippen molar-refractivity contribution in [3.8, 4) is 23.0 Å². The molecule has 10 rings (SSSR count). The minimum atomic E-state index is -0.0154. The average Bonchev–Trinajstić information content (AvgIpc) is 3.48. The molecular weight excluding hydrogens is 577 g/mol. The Morgan fingerprint density at radius 1 is 0.532 bits per heavy atom. The summed E-state index contributed by atoms with van der Waals surface area (Å²) in [6, 6.07) is 47.0. The van der Waals surface area contributed by atoms with E-state index in [1.807, 2.05) is 18.2 Å². The highest BCUT2D eigenvalue weighted by Crippen LogP contribution is 2.48. The molecule has 2 aliphatic rings. The van der Waals surface area contributed by atoms with E-state index in [4.69, 9.17) is 13.9 Å². The van der Waals surface area contributed by atoms with Gasteiger partial charge in [0.15, 0.2) is 11.3 Å². The lowest BCUT2D eigenvalue weighted by Crippen LogP contribution is -2.57. The molecule has 0 saturated carbocycles. The van der Waals surface area contributed by atoms with Crippen molar-refractivity contribution in [1.29, 1.82) is 0 Å². The van der Waals surface area contributed by atoms with Gasteiger partial charge in [0, 0.05) is 39.1 Å². The number of anilines is 3. The minimum Gasteiger partial charge on any atom is -0.458 e. The van der Waals surface area contributed by atoms with E-state index in [0.717, 1.165) is 89.2 Å². The summed E-state index contributed by atoms with van der Waals surface area (Å²) in [5, 5.41) is 4.27. The van der Waals surface area contributed by atoms with Crippen LogP contribution in [0.1, 0.15) is 11.1 Å². The van der Waals surface area contributed by atoms with Crippen molar-refractivity contribution < 1.29 is 13.9 Å². The van der Waals surface area contributed by atoms with Crippen LogP contribution in [0.5, 0.6) is 23.0 Å². The number of benzene rings is 7. The number of aryl methyl sites for hydroxylation is 2. The monoisotopic (exact) mass is 605 g/mol. The van der Waals surface area contributed by atoms with E-state index in [2.05, 4.69) is 134 Å². The Labute approximate surface area is 272 Å². The zero-order chi connectivity index (χ0) is 31.2. The number of para-hydroxylation sites is 2. The van der Waals surface area contributed by atoms with Gasteiger partial charge in [-0.3, -0.25) is 0 Å². The topological polar surface area (TPSA) is 34.8 Å². The van der Waals surface area contributed by atoms with Crippen LogP contribution in [-0.2, 0) is 0 Å². The largest absolute Gasteiger partial charge is 0.458 e. The maximum absolute atomic E-state index is 6.93. The van der Waals surface area contributed by atoms with Crippen LogP contribution in [-0.4, -0.2) is 6.71 Å². The van der Waals surface area contributed by atoms with E-state index in [-0.39, 0.29) is 6.71 Å². The lowest BCUT2D eigenvalue weighted by Gasteiger charge is -2.32. The molecule has 0 unspecified atom stereocenters. The Kier molecular flexibility index (Phi) is 5.47. The Morgan fingerprint density at radius 2 is 1.11 bits per heavy atom. The predicted octanol–water partition coefficient (Wildman–Crippen LogP) is 9.55. The molecular formula is C42H28BNO3. The van der Waals surface area contributed by atoms with E-state index < -0.39 is 0 Å². The summed E-state index contributed by atoms with van der Waals surface area (Å²) >= 11 is 0. The second-order valence-corrected chi connectivity index (χ2v) is 12.6. The van der Waals surface area contributed by atoms with Crippen molar-refractivity contribution in [2.75, 3.05) is 4.90 Å². The van der Waals surface area contributed by atoms with Gasteiger partial charge >= 0.3 is 0 Å². The molecule has 8 aromatic rings. The molecule has 5 heteroatoms. The fraction of sp³-hybridized carbons (Fsp3) is 0.0476. The Balaban J connectivity index is 1.28. The number of rotatable bonds is 3. The van der Waals surface area contributed by atoms with E-state index in [1.165, 1.54) is 11.1 Å². The summed E-state index contributed by atoms with van der Waals surface area (Å²) in [7, 11) is 0. The first-order valence-corrected chi connectivity index (χ1v) is 16.0. The Morgan fingerprint density at radius 3 is 1.77 bits per heavy atom. The maximum atomic E-state index is 6.93. The first-order valence-electron chi connectivity index (χ1n) is 16.0. The second kappa shape index (κ2) is 9.78. The zero-order valence-electron chi connectivity index (χ0n) is 26.0. The van der Waals surface area contributed by atoms with E-state index >= 15 is 0 Å². The number of nitrogens with zero attached hydrogens (tertiary/aromatic N) is 1. The van der Waals surface area contributed by atoms with Crippen molar-refractivity contribution >= 4 is 72.9 Å². The number of ether oxygens (including phenoxy) is 2. The molecule has 1 aromatic heterocycles. The average molecular weight is 606 g/mol. The smallest absolute Gasteiger partial charge is 0.260 e. The first-order chi connectivity index (χ1) is 23.1. The van der Waals surface area contributed by atoms with Gasteiger partial charge in [0.2, 0.25) is 0 Å². The summed E-state index contributed by atoms with van der Waals surface area (Å²) in [6.07, 6.45) is 0. The fourth-order valence-electron chi connectivity index (χ4n) is 7.51. The van der Waals surface area contributed by atoms with Crippen LogP contribution in [0, 0.1) is 13.8 Å². The summed E-state index contributed by atoms with van der Waals surface area (Å²) in [5.74, 6) is 3.25. The number of fused-ring (bicyclic) bond motifs is 10. The fourth-order valence-corrected chi connectivity index (χ4v) is 7.51. The van der Waals surface area contributed by atoms with E-state index in [1.54, 1.807) is 0 Å². The van der Waals surface area contributed by atoms with Crippen LogP contribution >= 0.6 is 0 Å². The van der Waals surface area contributed by atoms with Gasteiger partial charge in [-0.2, -0.15) is 0 Å². The van der Waals surface area contributed by atoms with Gasteiger partial charge in [0.25, 0.3) is 6.71 Å². The summed E-state index contributed by atoms with van der Waals surface area (Å²) < 4.78 is 20.3. The van der Waals surface area contributed by atoms with E-state index in [9.17, 15) is 0 Å². The molecule has 7 aromatic carbocycles. The van der Waals surface area contributed by atoms with Gasteiger partial charge in [-0.15, -0.1) is 0 Å². The van der Waals surface area contributed by atoms with Crippen LogP contribution in [0.3, 0.4) is 0 Å². The third-order valence-electron chi connectivity index (χ3n) is 9.71. The van der Waals surface area contributed by atoms with E-state index in [0.29, 0.717) is 0 Å². The van der Waals surface area contributed by atoms with Crippen LogP contribution in [0.25, 0.3) is 32.7 Å². The summed E-state index contributed by atoms with van der Waals surface area (Å²) in [6.45, 7) is 4.22. The normalized spacial score (nSPS) is 12.8. The number of furan rings is 1. The molecule has 0 fully saturated rings. The third-order valence-corrected chi connectivity index (χ3v) is 9.71. The quantitative estimate of drug-likeness (QED) is 0.188. The van der Waals surface area contributed by atoms with Gasteiger partial charge in [0.1, 0.15) is 22.8 Å². The van der Waals surface area contributed by atoms with Crippen LogP contribution in [0.2, 0.25) is 0 Å². The van der Waals surface area contributed by atoms with Gasteiger partial charge in [-0.05, 0) is 72.6 Å². The molecule has 0 N–H and O–H groups in total. The molecule has 4 nitrogen and oxygen atoms in total. The Bertz CT molecular complexity index is 2490. The van der Waals surface area contributed by atoms with Gasteiger partial charge < -0.3 is 18.8 Å². The molecule has 0 radical (unpaired) electrons. The number of hydrogen-bond acceptors (Lipinski definition) is 4. The summed E-state index contributed by atoms with van der Waals surface area (Å²) in [5.41, 5.74) is 10.5. The molecule has 3 heterocycles. The lowest BCUT2D eigenvalue weighted by atomic mass is 9.35. The highest BCUT2D eigenvalue weighted by Gasteiger charge is 2.42. The predicted molar refractivity (Wildman–Crippen MR) is 193 cm³/mol. The molecule has 0 atom stereocenters. The second-order valence-electron chi connectivity index (χ2n) is 12.6. The lowest BCUT2D eigenvalue weighted by molar-refractivity contribution is 0.462. The first kappa shape index (κ1) is 26.3. The molecule has 0 aliphatic carbocycles. The SMILES string of the molecule is Cc1ccc(N(c2ccc(C)cc2)c2cc3oc4c5c6c(cc4c3c3ccccc23)Oc2ccccc2B6c2ccccc2O5)cc1.